The van der Waals surface area contributed by atoms with Crippen LogP contribution < -0.4 is 10.1 Å². The summed E-state index contributed by atoms with van der Waals surface area (Å²) in [5.74, 6) is 0.511. The van der Waals surface area contributed by atoms with Crippen LogP contribution >= 0.6 is 39.1 Å². The Kier molecular flexibility index (Phi) is 7.15. The molecule has 0 radical (unpaired) electrons. The van der Waals surface area contributed by atoms with E-state index in [9.17, 15) is 4.79 Å². The van der Waals surface area contributed by atoms with E-state index in [1.54, 1.807) is 47.4 Å². The quantitative estimate of drug-likeness (QED) is 0.285. The summed E-state index contributed by atoms with van der Waals surface area (Å²) >= 11 is 15.9. The van der Waals surface area contributed by atoms with Crippen molar-refractivity contribution in [2.45, 2.75) is 13.2 Å². The van der Waals surface area contributed by atoms with E-state index in [-0.39, 0.29) is 5.91 Å². The third-order valence-corrected chi connectivity index (χ3v) is 6.06. The molecule has 0 fully saturated rings. The number of halogens is 3. The van der Waals surface area contributed by atoms with E-state index in [0.717, 1.165) is 21.3 Å². The zero-order valence-corrected chi connectivity index (χ0v) is 19.9. The number of hydrogen-bond donors (Lipinski definition) is 1. The molecule has 4 aromatic rings. The summed E-state index contributed by atoms with van der Waals surface area (Å²) < 4.78 is 8.39. The van der Waals surface area contributed by atoms with Crippen molar-refractivity contribution in [3.63, 3.8) is 0 Å². The summed E-state index contributed by atoms with van der Waals surface area (Å²) in [5.41, 5.74) is 2.76. The maximum atomic E-state index is 12.7. The molecular weight excluding hydrogens is 513 g/mol. The summed E-state index contributed by atoms with van der Waals surface area (Å²) in [7, 11) is 0. The summed E-state index contributed by atoms with van der Waals surface area (Å²) in [4.78, 5) is 12.7. The number of aromatic nitrogens is 2. The van der Waals surface area contributed by atoms with Crippen LogP contribution in [0.15, 0.2) is 83.6 Å². The first-order valence-electron chi connectivity index (χ1n) is 9.72. The zero-order valence-electron chi connectivity index (χ0n) is 16.8. The molecular formula is C24H18BrCl2N3O2. The molecule has 5 nitrogen and oxygen atoms in total. The Bertz CT molecular complexity index is 1240. The van der Waals surface area contributed by atoms with Crippen LogP contribution in [-0.4, -0.2) is 15.7 Å². The molecule has 3 aromatic carbocycles. The molecule has 0 aliphatic carbocycles. The number of hydrogen-bond acceptors (Lipinski definition) is 3. The molecule has 1 heterocycles. The SMILES string of the molecule is O=C(Nc1cnn(Cc2c(Cl)cccc2Cl)c1)c1cccc(COc2ccccc2Br)c1. The molecule has 32 heavy (non-hydrogen) atoms. The van der Waals surface area contributed by atoms with E-state index in [4.69, 9.17) is 27.9 Å². The highest BCUT2D eigenvalue weighted by Gasteiger charge is 2.11. The molecule has 0 atom stereocenters. The van der Waals surface area contributed by atoms with Crippen LogP contribution in [0.5, 0.6) is 5.75 Å². The molecule has 0 aliphatic heterocycles. The average Bonchev–Trinajstić information content (AvgIpc) is 3.23. The first kappa shape index (κ1) is 22.4. The summed E-state index contributed by atoms with van der Waals surface area (Å²) in [5, 5.41) is 8.30. The fourth-order valence-corrected chi connectivity index (χ4v) is 4.00. The van der Waals surface area contributed by atoms with Gasteiger partial charge < -0.3 is 10.1 Å². The highest BCUT2D eigenvalue weighted by atomic mass is 79.9. The molecule has 4 rings (SSSR count). The number of nitrogens with zero attached hydrogens (tertiary/aromatic N) is 2. The number of rotatable bonds is 7. The predicted molar refractivity (Wildman–Crippen MR) is 131 cm³/mol. The Labute approximate surface area is 204 Å². The van der Waals surface area contributed by atoms with Crippen LogP contribution in [0.25, 0.3) is 0 Å². The van der Waals surface area contributed by atoms with Crippen LogP contribution in [0.1, 0.15) is 21.5 Å². The summed E-state index contributed by atoms with van der Waals surface area (Å²) in [6.07, 6.45) is 3.32. The maximum absolute atomic E-state index is 12.7. The van der Waals surface area contributed by atoms with Crippen molar-refractivity contribution in [2.75, 3.05) is 5.32 Å². The highest BCUT2D eigenvalue weighted by molar-refractivity contribution is 9.10. The van der Waals surface area contributed by atoms with Crippen molar-refractivity contribution < 1.29 is 9.53 Å². The standard InChI is InChI=1S/C24H18BrCl2N3O2/c25-20-7-1-2-10-23(20)32-15-16-5-3-6-17(11-16)24(31)29-18-12-28-30(13-18)14-19-21(26)8-4-9-22(19)27/h1-13H,14-15H2,(H,29,31). The normalized spacial score (nSPS) is 10.7. The Morgan fingerprint density at radius 3 is 2.56 bits per heavy atom. The summed E-state index contributed by atoms with van der Waals surface area (Å²) in [6.45, 7) is 0.747. The van der Waals surface area contributed by atoms with Crippen LogP contribution in [-0.2, 0) is 13.2 Å². The molecule has 8 heteroatoms. The van der Waals surface area contributed by atoms with Crippen molar-refractivity contribution in [3.05, 3.63) is 110 Å². The monoisotopic (exact) mass is 529 g/mol. The molecule has 0 aliphatic rings. The molecule has 1 N–H and O–H groups in total. The predicted octanol–water partition coefficient (Wildman–Crippen LogP) is 6.83. The summed E-state index contributed by atoms with van der Waals surface area (Å²) in [6, 6.07) is 20.3. The van der Waals surface area contributed by atoms with Gasteiger partial charge in [-0.1, -0.05) is 53.5 Å². The third-order valence-electron chi connectivity index (χ3n) is 4.69. The lowest BCUT2D eigenvalue weighted by molar-refractivity contribution is 0.102. The van der Waals surface area contributed by atoms with Gasteiger partial charge in [0.1, 0.15) is 12.4 Å². The van der Waals surface area contributed by atoms with Gasteiger partial charge in [-0.05, 0) is 57.9 Å². The number of nitrogens with one attached hydrogen (secondary N) is 1. The number of para-hydroxylation sites is 1. The lowest BCUT2D eigenvalue weighted by Gasteiger charge is -2.09. The van der Waals surface area contributed by atoms with Gasteiger partial charge in [0.2, 0.25) is 0 Å². The molecule has 1 amide bonds. The number of amides is 1. The molecule has 162 valence electrons. The number of benzene rings is 3. The van der Waals surface area contributed by atoms with Gasteiger partial charge in [-0.2, -0.15) is 5.10 Å². The first-order chi connectivity index (χ1) is 15.5. The minimum absolute atomic E-state index is 0.233. The van der Waals surface area contributed by atoms with Crippen molar-refractivity contribution >= 4 is 50.7 Å². The number of carbonyl (C=O) groups excluding carboxylic acids is 1. The van der Waals surface area contributed by atoms with Gasteiger partial charge in [0.05, 0.1) is 22.9 Å². The lowest BCUT2D eigenvalue weighted by atomic mass is 10.1. The second kappa shape index (κ2) is 10.2. The molecule has 0 saturated carbocycles. The van der Waals surface area contributed by atoms with Crippen LogP contribution in [0.2, 0.25) is 10.0 Å². The second-order valence-electron chi connectivity index (χ2n) is 7.00. The minimum Gasteiger partial charge on any atom is -0.488 e. The average molecular weight is 531 g/mol. The van der Waals surface area contributed by atoms with Gasteiger partial charge in [0.25, 0.3) is 5.91 Å². The fourth-order valence-electron chi connectivity index (χ4n) is 3.09. The lowest BCUT2D eigenvalue weighted by Crippen LogP contribution is -2.12. The number of carbonyl (C=O) groups is 1. The third kappa shape index (κ3) is 5.51. The Morgan fingerprint density at radius 2 is 1.78 bits per heavy atom. The van der Waals surface area contributed by atoms with Crippen molar-refractivity contribution in [1.29, 1.82) is 0 Å². The Hall–Kier alpha value is -2.80. The van der Waals surface area contributed by atoms with E-state index in [0.29, 0.717) is 34.4 Å². The van der Waals surface area contributed by atoms with Crippen LogP contribution in [0.4, 0.5) is 5.69 Å². The van der Waals surface area contributed by atoms with Crippen LogP contribution in [0, 0.1) is 0 Å². The molecule has 1 aromatic heterocycles. The van der Waals surface area contributed by atoms with Gasteiger partial charge in [0, 0.05) is 27.4 Å². The van der Waals surface area contributed by atoms with E-state index < -0.39 is 0 Å². The molecule has 0 bridgehead atoms. The molecule has 0 saturated heterocycles. The Morgan fingerprint density at radius 1 is 1.03 bits per heavy atom. The topological polar surface area (TPSA) is 56.2 Å². The zero-order chi connectivity index (χ0) is 22.5. The van der Waals surface area contributed by atoms with Gasteiger partial charge in [-0.3, -0.25) is 9.48 Å². The molecule has 0 spiro atoms. The highest BCUT2D eigenvalue weighted by Crippen LogP contribution is 2.26. The minimum atomic E-state index is -0.233. The van der Waals surface area contributed by atoms with E-state index in [1.807, 2.05) is 36.4 Å². The van der Waals surface area contributed by atoms with Gasteiger partial charge >= 0.3 is 0 Å². The fraction of sp³-hybridized carbons (Fsp3) is 0.0833. The van der Waals surface area contributed by atoms with Crippen molar-refractivity contribution in [3.8, 4) is 5.75 Å². The largest absolute Gasteiger partial charge is 0.488 e. The van der Waals surface area contributed by atoms with Gasteiger partial charge in [0.15, 0.2) is 0 Å². The van der Waals surface area contributed by atoms with Gasteiger partial charge in [-0.25, -0.2) is 0 Å². The smallest absolute Gasteiger partial charge is 0.255 e. The van der Waals surface area contributed by atoms with E-state index in [1.165, 1.54) is 0 Å². The number of anilines is 1. The Balaban J connectivity index is 1.40. The first-order valence-corrected chi connectivity index (χ1v) is 11.3. The van der Waals surface area contributed by atoms with Gasteiger partial charge in [-0.15, -0.1) is 0 Å². The second-order valence-corrected chi connectivity index (χ2v) is 8.67. The molecule has 0 unspecified atom stereocenters. The van der Waals surface area contributed by atoms with Crippen molar-refractivity contribution in [2.24, 2.45) is 0 Å². The van der Waals surface area contributed by atoms with E-state index in [2.05, 4.69) is 26.3 Å². The number of ether oxygens (including phenoxy) is 1. The van der Waals surface area contributed by atoms with Crippen LogP contribution in [0.3, 0.4) is 0 Å². The van der Waals surface area contributed by atoms with Crippen molar-refractivity contribution in [1.82, 2.24) is 9.78 Å². The van der Waals surface area contributed by atoms with E-state index >= 15 is 0 Å². The maximum Gasteiger partial charge on any atom is 0.255 e.